The number of nitrogens with one attached hydrogen (secondary N) is 1. The third-order valence-electron chi connectivity index (χ3n) is 4.14. The van der Waals surface area contributed by atoms with Gasteiger partial charge in [-0.05, 0) is 55.7 Å². The summed E-state index contributed by atoms with van der Waals surface area (Å²) in [6.07, 6.45) is 3.59. The van der Waals surface area contributed by atoms with E-state index < -0.39 is 0 Å². The largest absolute Gasteiger partial charge is 0.494 e. The van der Waals surface area contributed by atoms with E-state index in [1.807, 2.05) is 25.1 Å². The van der Waals surface area contributed by atoms with Crippen LogP contribution in [0, 0.1) is 12.7 Å². The average Bonchev–Trinajstić information content (AvgIpc) is 3.01. The minimum atomic E-state index is -0.277. The van der Waals surface area contributed by atoms with Crippen LogP contribution in [0.5, 0.6) is 5.75 Å². The zero-order valence-corrected chi connectivity index (χ0v) is 14.8. The maximum absolute atomic E-state index is 12.8. The number of benzene rings is 2. The molecule has 3 rings (SSSR count). The minimum Gasteiger partial charge on any atom is -0.494 e. The summed E-state index contributed by atoms with van der Waals surface area (Å²) < 4.78 is 23.8. The molecule has 3 aromatic rings. The molecule has 0 bridgehead atoms. The Hall–Kier alpha value is -2.82. The van der Waals surface area contributed by atoms with Crippen molar-refractivity contribution in [3.63, 3.8) is 0 Å². The number of fused-ring (bicyclic) bond motifs is 1. The van der Waals surface area contributed by atoms with Crippen molar-refractivity contribution in [1.29, 1.82) is 0 Å². The van der Waals surface area contributed by atoms with Crippen molar-refractivity contribution >= 4 is 16.9 Å². The van der Waals surface area contributed by atoms with Crippen LogP contribution in [0.15, 0.2) is 53.1 Å². The maximum Gasteiger partial charge on any atom is 0.224 e. The Morgan fingerprint density at radius 3 is 2.77 bits per heavy atom. The topological polar surface area (TPSA) is 51.5 Å². The molecule has 0 spiro atoms. The molecule has 0 saturated heterocycles. The van der Waals surface area contributed by atoms with Crippen LogP contribution in [0.25, 0.3) is 11.0 Å². The molecule has 0 aliphatic rings. The summed E-state index contributed by atoms with van der Waals surface area (Å²) in [6.45, 7) is 3.14. The highest BCUT2D eigenvalue weighted by Gasteiger charge is 2.10. The highest BCUT2D eigenvalue weighted by Crippen LogP contribution is 2.22. The maximum atomic E-state index is 12.8. The second-order valence-electron chi connectivity index (χ2n) is 6.30. The van der Waals surface area contributed by atoms with Crippen molar-refractivity contribution in [3.8, 4) is 5.75 Å². The van der Waals surface area contributed by atoms with Crippen LogP contribution in [-0.2, 0) is 11.2 Å². The van der Waals surface area contributed by atoms with E-state index in [1.165, 1.54) is 12.1 Å². The first-order valence-corrected chi connectivity index (χ1v) is 8.73. The Morgan fingerprint density at radius 1 is 1.15 bits per heavy atom. The number of aryl methyl sites for hydroxylation is 1. The lowest BCUT2D eigenvalue weighted by atomic mass is 10.1. The number of furan rings is 1. The molecule has 0 unspecified atom stereocenters. The van der Waals surface area contributed by atoms with Crippen LogP contribution in [0.4, 0.5) is 4.39 Å². The van der Waals surface area contributed by atoms with E-state index in [9.17, 15) is 9.18 Å². The summed E-state index contributed by atoms with van der Waals surface area (Å²) >= 11 is 0. The number of hydrogen-bond donors (Lipinski definition) is 1. The Balaban J connectivity index is 1.35. The number of hydrogen-bond acceptors (Lipinski definition) is 3. The van der Waals surface area contributed by atoms with Crippen LogP contribution in [0.3, 0.4) is 0 Å². The zero-order chi connectivity index (χ0) is 18.4. The summed E-state index contributed by atoms with van der Waals surface area (Å²) in [7, 11) is 0. The number of carbonyl (C=O) groups is 1. The first-order chi connectivity index (χ1) is 12.6. The highest BCUT2D eigenvalue weighted by atomic mass is 19.1. The molecule has 136 valence electrons. The Labute approximate surface area is 152 Å². The van der Waals surface area contributed by atoms with Crippen molar-refractivity contribution in [1.82, 2.24) is 5.32 Å². The van der Waals surface area contributed by atoms with E-state index in [0.29, 0.717) is 25.3 Å². The molecule has 0 radical (unpaired) electrons. The molecule has 2 aromatic carbocycles. The summed E-state index contributed by atoms with van der Waals surface area (Å²) in [5.74, 6) is 0.353. The lowest BCUT2D eigenvalue weighted by Gasteiger charge is -2.07. The normalized spacial score (nSPS) is 10.8. The molecule has 0 atom stereocenters. The van der Waals surface area contributed by atoms with Crippen LogP contribution in [-0.4, -0.2) is 19.1 Å². The molecule has 1 heterocycles. The third-order valence-corrected chi connectivity index (χ3v) is 4.14. The van der Waals surface area contributed by atoms with Crippen LogP contribution in [0.2, 0.25) is 0 Å². The fraction of sp³-hybridized carbons (Fsp3) is 0.286. The predicted molar refractivity (Wildman–Crippen MR) is 98.8 cm³/mol. The lowest BCUT2D eigenvalue weighted by Crippen LogP contribution is -2.26. The predicted octanol–water partition coefficient (Wildman–Crippen LogP) is 4.40. The molecular formula is C21H22FNO3. The van der Waals surface area contributed by atoms with Crippen molar-refractivity contribution in [2.45, 2.75) is 26.2 Å². The Bertz CT molecular complexity index is 871. The average molecular weight is 355 g/mol. The van der Waals surface area contributed by atoms with Crippen molar-refractivity contribution in [2.75, 3.05) is 13.2 Å². The molecule has 0 fully saturated rings. The van der Waals surface area contributed by atoms with Gasteiger partial charge in [-0.3, -0.25) is 4.79 Å². The van der Waals surface area contributed by atoms with Gasteiger partial charge in [-0.2, -0.15) is 0 Å². The highest BCUT2D eigenvalue weighted by molar-refractivity contribution is 5.87. The number of carbonyl (C=O) groups excluding carboxylic acids is 1. The van der Waals surface area contributed by atoms with E-state index >= 15 is 0 Å². The monoisotopic (exact) mass is 355 g/mol. The summed E-state index contributed by atoms with van der Waals surface area (Å²) in [4.78, 5) is 12.1. The van der Waals surface area contributed by atoms with Gasteiger partial charge in [0.05, 0.1) is 19.3 Å². The number of amides is 1. The molecule has 0 saturated carbocycles. The second kappa shape index (κ2) is 8.52. The van der Waals surface area contributed by atoms with Crippen LogP contribution < -0.4 is 10.1 Å². The van der Waals surface area contributed by atoms with Gasteiger partial charge in [0.25, 0.3) is 0 Å². The fourth-order valence-electron chi connectivity index (χ4n) is 2.74. The zero-order valence-electron chi connectivity index (χ0n) is 14.8. The summed E-state index contributed by atoms with van der Waals surface area (Å²) in [5, 5.41) is 3.90. The van der Waals surface area contributed by atoms with E-state index in [1.54, 1.807) is 18.4 Å². The molecular weight excluding hydrogens is 333 g/mol. The molecule has 1 aromatic heterocycles. The summed E-state index contributed by atoms with van der Waals surface area (Å²) in [6, 6.07) is 11.9. The van der Waals surface area contributed by atoms with Gasteiger partial charge in [0.2, 0.25) is 5.91 Å². The van der Waals surface area contributed by atoms with Crippen molar-refractivity contribution in [2.24, 2.45) is 0 Å². The number of ether oxygens (including phenoxy) is 1. The molecule has 1 N–H and O–H groups in total. The number of halogens is 1. The standard InChI is InChI=1S/C21H22FNO3/c1-15-4-9-19-16(14-26-20(19)12-15)13-21(24)23-10-2-3-11-25-18-7-5-17(22)6-8-18/h4-9,12,14H,2-3,10-11,13H2,1H3,(H,23,24). The molecule has 0 aliphatic heterocycles. The SMILES string of the molecule is Cc1ccc2c(CC(=O)NCCCCOc3ccc(F)cc3)coc2c1. The Morgan fingerprint density at radius 2 is 1.96 bits per heavy atom. The summed E-state index contributed by atoms with van der Waals surface area (Å²) in [5.41, 5.74) is 2.84. The number of unbranched alkanes of at least 4 members (excludes halogenated alkanes) is 1. The van der Waals surface area contributed by atoms with Crippen LogP contribution >= 0.6 is 0 Å². The van der Waals surface area contributed by atoms with Gasteiger partial charge in [-0.15, -0.1) is 0 Å². The van der Waals surface area contributed by atoms with E-state index in [2.05, 4.69) is 5.32 Å². The first kappa shape index (κ1) is 18.0. The van der Waals surface area contributed by atoms with Gasteiger partial charge in [0.15, 0.2) is 0 Å². The van der Waals surface area contributed by atoms with Gasteiger partial charge < -0.3 is 14.5 Å². The lowest BCUT2D eigenvalue weighted by molar-refractivity contribution is -0.120. The smallest absolute Gasteiger partial charge is 0.224 e. The molecule has 0 aliphatic carbocycles. The molecule has 26 heavy (non-hydrogen) atoms. The van der Waals surface area contributed by atoms with Crippen LogP contribution in [0.1, 0.15) is 24.0 Å². The fourth-order valence-corrected chi connectivity index (χ4v) is 2.74. The van der Waals surface area contributed by atoms with Gasteiger partial charge in [-0.25, -0.2) is 4.39 Å². The van der Waals surface area contributed by atoms with E-state index in [0.717, 1.165) is 34.9 Å². The molecule has 4 nitrogen and oxygen atoms in total. The van der Waals surface area contributed by atoms with Gasteiger partial charge in [-0.1, -0.05) is 12.1 Å². The van der Waals surface area contributed by atoms with Crippen molar-refractivity contribution < 1.29 is 18.3 Å². The second-order valence-corrected chi connectivity index (χ2v) is 6.30. The van der Waals surface area contributed by atoms with Crippen molar-refractivity contribution in [3.05, 3.63) is 65.7 Å². The first-order valence-electron chi connectivity index (χ1n) is 8.73. The van der Waals surface area contributed by atoms with E-state index in [4.69, 9.17) is 9.15 Å². The van der Waals surface area contributed by atoms with Gasteiger partial charge in [0.1, 0.15) is 17.1 Å². The molecule has 1 amide bonds. The number of rotatable bonds is 8. The van der Waals surface area contributed by atoms with Gasteiger partial charge >= 0.3 is 0 Å². The third kappa shape index (κ3) is 4.85. The van der Waals surface area contributed by atoms with Gasteiger partial charge in [0, 0.05) is 17.5 Å². The Kier molecular flexibility index (Phi) is 5.89. The minimum absolute atomic E-state index is 0.0206. The molecule has 5 heteroatoms. The quantitative estimate of drug-likeness (QED) is 0.610. The van der Waals surface area contributed by atoms with E-state index in [-0.39, 0.29) is 11.7 Å².